The van der Waals surface area contributed by atoms with Crippen molar-refractivity contribution in [3.05, 3.63) is 62.6 Å². The highest BCUT2D eigenvalue weighted by Crippen LogP contribution is 2.45. The lowest BCUT2D eigenvalue weighted by molar-refractivity contribution is -0.163. The molecule has 2 aromatic rings. The van der Waals surface area contributed by atoms with Crippen molar-refractivity contribution in [1.29, 1.82) is 5.26 Å². The predicted octanol–water partition coefficient (Wildman–Crippen LogP) is 5.51. The third-order valence-electron chi connectivity index (χ3n) is 6.85. The zero-order valence-electron chi connectivity index (χ0n) is 24.7. The van der Waals surface area contributed by atoms with Gasteiger partial charge in [0.15, 0.2) is 15.1 Å². The molecule has 2 atom stereocenters. The number of carbonyl (C=O) groups excluding carboxylic acids is 1. The predicted molar refractivity (Wildman–Crippen MR) is 151 cm³/mol. The quantitative estimate of drug-likeness (QED) is 0.368. The number of pyridine rings is 1. The van der Waals surface area contributed by atoms with E-state index in [1.165, 1.54) is 6.92 Å². The zero-order valence-corrected chi connectivity index (χ0v) is 25.8. The van der Waals surface area contributed by atoms with E-state index in [1.54, 1.807) is 22.8 Å². The number of hydrogen-bond donors (Lipinski definition) is 0. The lowest BCUT2D eigenvalue weighted by atomic mass is 9.74. The highest BCUT2D eigenvalue weighted by Gasteiger charge is 2.48. The monoisotopic (exact) mass is 538 g/mol. The van der Waals surface area contributed by atoms with Gasteiger partial charge in [0.25, 0.3) is 5.56 Å². The van der Waals surface area contributed by atoms with Crippen LogP contribution in [0.25, 0.3) is 0 Å². The van der Waals surface area contributed by atoms with Gasteiger partial charge in [0.2, 0.25) is 0 Å². The molecule has 38 heavy (non-hydrogen) atoms. The minimum absolute atomic E-state index is 0.189. The highest BCUT2D eigenvalue weighted by atomic mass is 28.3. The molecule has 1 aromatic heterocycles. The molecule has 0 fully saturated rings. The maximum atomic E-state index is 14.5. The summed E-state index contributed by atoms with van der Waals surface area (Å²) in [5.74, 6) is 0.0835. The van der Waals surface area contributed by atoms with Crippen molar-refractivity contribution in [3.8, 4) is 11.8 Å². The summed E-state index contributed by atoms with van der Waals surface area (Å²) in [5.41, 5.74) is 1.96. The van der Waals surface area contributed by atoms with Gasteiger partial charge in [-0.3, -0.25) is 9.59 Å². The van der Waals surface area contributed by atoms with Crippen LogP contribution in [0.2, 0.25) is 13.1 Å². The first-order valence-corrected chi connectivity index (χ1v) is 16.0. The fourth-order valence-electron chi connectivity index (χ4n) is 5.21. The Morgan fingerprint density at radius 3 is 2.29 bits per heavy atom. The van der Waals surface area contributed by atoms with Crippen LogP contribution in [-0.4, -0.2) is 31.3 Å². The fraction of sp³-hybridized carbons (Fsp3) is 0.567. The van der Waals surface area contributed by atoms with Crippen LogP contribution < -0.4 is 10.3 Å². The van der Waals surface area contributed by atoms with Gasteiger partial charge in [-0.2, -0.15) is 5.26 Å². The molecule has 206 valence electrons. The van der Waals surface area contributed by atoms with Gasteiger partial charge in [-0.05, 0) is 67.1 Å². The minimum Gasteiger partial charge on any atom is -0.484 e. The molecular formula is C30H42N2O5Si. The first-order valence-electron chi connectivity index (χ1n) is 13.2. The number of carbonyl (C=O) groups is 1. The third kappa shape index (κ3) is 5.89. The zero-order chi connectivity index (χ0) is 28.8. The second kappa shape index (κ2) is 10.3. The topological polar surface area (TPSA) is 90.5 Å². The molecule has 0 amide bonds. The molecule has 0 spiro atoms. The molecule has 0 saturated carbocycles. The number of aromatic nitrogens is 1. The summed E-state index contributed by atoms with van der Waals surface area (Å²) < 4.78 is 20.0. The van der Waals surface area contributed by atoms with Crippen LogP contribution >= 0.6 is 0 Å². The highest BCUT2D eigenvalue weighted by molar-refractivity contribution is 6.48. The second-order valence-electron chi connectivity index (χ2n) is 13.0. The summed E-state index contributed by atoms with van der Waals surface area (Å²) in [4.78, 5) is 26.8. The van der Waals surface area contributed by atoms with Crippen LogP contribution in [-0.2, 0) is 31.4 Å². The van der Waals surface area contributed by atoms with Gasteiger partial charge in [-0.25, -0.2) is 0 Å². The number of ether oxygens (including phenoxy) is 2. The Hall–Kier alpha value is -2.89. The Balaban J connectivity index is 2.50. The van der Waals surface area contributed by atoms with Crippen LogP contribution in [0, 0.1) is 11.3 Å². The van der Waals surface area contributed by atoms with Gasteiger partial charge in [-0.15, -0.1) is 0 Å². The molecule has 0 unspecified atom stereocenters. The summed E-state index contributed by atoms with van der Waals surface area (Å²) >= 11 is 0. The van der Waals surface area contributed by atoms with E-state index in [4.69, 9.17) is 13.9 Å². The third-order valence-corrected chi connectivity index (χ3v) is 7.68. The normalized spacial score (nSPS) is 18.9. The smallest absolute Gasteiger partial charge is 0.303 e. The van der Waals surface area contributed by atoms with Crippen LogP contribution in [0.4, 0.5) is 0 Å². The molecule has 1 aromatic carbocycles. The molecule has 0 N–H and O–H groups in total. The maximum Gasteiger partial charge on any atom is 0.303 e. The summed E-state index contributed by atoms with van der Waals surface area (Å²) in [5, 5.41) is 9.65. The average molecular weight is 539 g/mol. The Kier molecular flexibility index (Phi) is 8.08. The lowest BCUT2D eigenvalue weighted by Crippen LogP contribution is -2.54. The number of benzene rings is 1. The first kappa shape index (κ1) is 29.7. The van der Waals surface area contributed by atoms with Gasteiger partial charge in [-0.1, -0.05) is 41.5 Å². The molecular weight excluding hydrogens is 496 g/mol. The van der Waals surface area contributed by atoms with Crippen LogP contribution in [0.5, 0.6) is 5.75 Å². The SMILES string of the molecule is CC(=O)O[C@@H]1[C@@H](n2cc(C(C)(C)C)c(C(C)(C)C)c(CO[SiH](C)C)c2=O)c2cc(C#N)ccc2OC1(C)C. The second-order valence-corrected chi connectivity index (χ2v) is 15.4. The molecule has 3 rings (SSSR count). The number of nitrogens with zero attached hydrogens (tertiary/aromatic N) is 2. The largest absolute Gasteiger partial charge is 0.484 e. The van der Waals surface area contributed by atoms with Gasteiger partial charge < -0.3 is 18.5 Å². The molecule has 1 aliphatic heterocycles. The van der Waals surface area contributed by atoms with Crippen LogP contribution in [0.1, 0.15) is 96.2 Å². The first-order chi connectivity index (χ1) is 17.4. The van der Waals surface area contributed by atoms with E-state index in [9.17, 15) is 14.9 Å². The molecule has 0 radical (unpaired) electrons. The molecule has 0 aliphatic carbocycles. The van der Waals surface area contributed by atoms with Crippen LogP contribution in [0.15, 0.2) is 29.2 Å². The standard InChI is InChI=1S/C30H42N2O5Si/c1-18(33)36-26-25(20-14-19(15-31)12-13-23(20)37-30(26,8)9)32-16-22(28(2,3)4)24(29(5,6)7)21(27(32)34)17-35-38(10)11/h12-14,16,25-26,38H,17H2,1-11H3/t25-,26+/m0/s1. The maximum absolute atomic E-state index is 14.5. The Labute approximate surface area is 228 Å². The van der Waals surface area contributed by atoms with E-state index < -0.39 is 32.8 Å². The lowest BCUT2D eigenvalue weighted by Gasteiger charge is -2.45. The van der Waals surface area contributed by atoms with E-state index in [-0.39, 0.29) is 23.0 Å². The van der Waals surface area contributed by atoms with Gasteiger partial charge in [0.1, 0.15) is 17.4 Å². The minimum atomic E-state index is -1.44. The van der Waals surface area contributed by atoms with E-state index in [1.807, 2.05) is 20.0 Å². The molecule has 2 heterocycles. The van der Waals surface area contributed by atoms with Crippen molar-refractivity contribution in [1.82, 2.24) is 4.57 Å². The van der Waals surface area contributed by atoms with Crippen molar-refractivity contribution in [2.75, 3.05) is 0 Å². The average Bonchev–Trinajstić information content (AvgIpc) is 2.76. The molecule has 1 aliphatic rings. The van der Waals surface area contributed by atoms with Gasteiger partial charge in [0, 0.05) is 24.2 Å². The Morgan fingerprint density at radius 2 is 1.79 bits per heavy atom. The summed E-state index contributed by atoms with van der Waals surface area (Å²) in [7, 11) is -1.44. The molecule has 0 bridgehead atoms. The number of esters is 1. The summed E-state index contributed by atoms with van der Waals surface area (Å²) in [6.07, 6.45) is 1.10. The number of fused-ring (bicyclic) bond motifs is 1. The van der Waals surface area contributed by atoms with E-state index in [0.717, 1.165) is 11.1 Å². The van der Waals surface area contributed by atoms with Gasteiger partial charge in [0.05, 0.1) is 18.2 Å². The molecule has 0 saturated heterocycles. The van der Waals surface area contributed by atoms with E-state index >= 15 is 0 Å². The van der Waals surface area contributed by atoms with Gasteiger partial charge >= 0.3 is 5.97 Å². The summed E-state index contributed by atoms with van der Waals surface area (Å²) in [6, 6.07) is 6.65. The van der Waals surface area contributed by atoms with Crippen molar-refractivity contribution in [2.24, 2.45) is 0 Å². The molecule has 8 heteroatoms. The van der Waals surface area contributed by atoms with E-state index in [2.05, 4.69) is 60.7 Å². The van der Waals surface area contributed by atoms with Crippen LogP contribution in [0.3, 0.4) is 0 Å². The fourth-order valence-corrected chi connectivity index (χ4v) is 5.71. The van der Waals surface area contributed by atoms with Crippen molar-refractivity contribution >= 4 is 15.0 Å². The number of nitriles is 1. The van der Waals surface area contributed by atoms with E-state index in [0.29, 0.717) is 22.4 Å². The Morgan fingerprint density at radius 1 is 1.16 bits per heavy atom. The van der Waals surface area contributed by atoms with Crippen molar-refractivity contribution in [2.45, 2.75) is 111 Å². The molecule has 7 nitrogen and oxygen atoms in total. The summed E-state index contributed by atoms with van der Waals surface area (Å²) in [6.45, 7) is 22.2. The number of rotatable bonds is 5. The van der Waals surface area contributed by atoms with Crippen molar-refractivity contribution in [3.63, 3.8) is 0 Å². The number of hydrogen-bond acceptors (Lipinski definition) is 6. The Bertz CT molecular complexity index is 1320. The van der Waals surface area contributed by atoms with Crippen molar-refractivity contribution < 1.29 is 18.7 Å².